The van der Waals surface area contributed by atoms with Crippen molar-refractivity contribution in [1.82, 2.24) is 0 Å². The van der Waals surface area contributed by atoms with Crippen molar-refractivity contribution in [2.75, 3.05) is 6.54 Å². The molecule has 1 rings (SSSR count). The summed E-state index contributed by atoms with van der Waals surface area (Å²) < 4.78 is 5.63. The lowest BCUT2D eigenvalue weighted by Crippen LogP contribution is -2.07. The first-order valence-electron chi connectivity index (χ1n) is 10.5. The third kappa shape index (κ3) is 12.5. The molecule has 0 bridgehead atoms. The van der Waals surface area contributed by atoms with E-state index in [1.54, 1.807) is 0 Å². The first kappa shape index (κ1) is 20.5. The average molecular weight is 324 g/mol. The number of unbranched alkanes of at least 4 members (excludes halogenated alkanes) is 14. The van der Waals surface area contributed by atoms with Crippen molar-refractivity contribution < 1.29 is 4.74 Å². The van der Waals surface area contributed by atoms with E-state index in [-0.39, 0.29) is 0 Å². The van der Waals surface area contributed by atoms with Gasteiger partial charge in [-0.25, -0.2) is 0 Å². The monoisotopic (exact) mass is 323 g/mol. The summed E-state index contributed by atoms with van der Waals surface area (Å²) in [6.45, 7) is 5.26. The Balaban J connectivity index is 1.69. The summed E-state index contributed by atoms with van der Waals surface area (Å²) >= 11 is 0. The first-order valence-corrected chi connectivity index (χ1v) is 10.5. The van der Waals surface area contributed by atoms with Crippen LogP contribution in [0.4, 0.5) is 0 Å². The van der Waals surface area contributed by atoms with E-state index in [2.05, 4.69) is 18.8 Å². The van der Waals surface area contributed by atoms with Gasteiger partial charge in [0, 0.05) is 6.42 Å². The molecule has 2 heteroatoms. The number of ether oxygens (including phenoxy) is 1. The van der Waals surface area contributed by atoms with Gasteiger partial charge in [0.2, 0.25) is 0 Å². The van der Waals surface area contributed by atoms with Gasteiger partial charge in [-0.1, -0.05) is 96.8 Å². The molecule has 0 spiro atoms. The maximum atomic E-state index is 5.63. The topological polar surface area (TPSA) is 21.6 Å². The molecule has 2 nitrogen and oxygen atoms in total. The van der Waals surface area contributed by atoms with Crippen LogP contribution in [0, 0.1) is 0 Å². The normalized spacial score (nSPS) is 17.3. The fraction of sp³-hybridized carbons (Fsp3) is 0.952. The molecule has 0 fully saturated rings. The molecule has 0 N–H and O–H groups in total. The van der Waals surface area contributed by atoms with Gasteiger partial charge in [0.05, 0.1) is 6.54 Å². The zero-order valence-corrected chi connectivity index (χ0v) is 16.0. The Morgan fingerprint density at radius 1 is 0.739 bits per heavy atom. The van der Waals surface area contributed by atoms with Gasteiger partial charge in [-0.15, -0.1) is 0 Å². The SMILES string of the molecule is CCCCCCCCCCCCCCCCCC1=NC[C@H](C)O1. The maximum Gasteiger partial charge on any atom is 0.183 e. The molecule has 0 radical (unpaired) electrons. The number of aliphatic imine (C=N–C) groups is 1. The molecule has 0 aromatic rings. The van der Waals surface area contributed by atoms with Crippen LogP contribution in [-0.2, 0) is 4.74 Å². The lowest BCUT2D eigenvalue weighted by Gasteiger charge is -2.05. The largest absolute Gasteiger partial charge is 0.476 e. The molecule has 1 atom stereocenters. The lowest BCUT2D eigenvalue weighted by molar-refractivity contribution is 0.238. The van der Waals surface area contributed by atoms with E-state index in [0.717, 1.165) is 18.9 Å². The standard InChI is InChI=1S/C21H41NO/c1-3-4-5-6-7-8-9-10-11-12-13-14-15-16-17-18-21-22-19-20(2)23-21/h20H,3-19H2,1-2H3/t20-/m0/s1. The second kappa shape index (κ2) is 15.0. The quantitative estimate of drug-likeness (QED) is 0.278. The van der Waals surface area contributed by atoms with Crippen molar-refractivity contribution >= 4 is 5.90 Å². The molecule has 1 aliphatic heterocycles. The van der Waals surface area contributed by atoms with Crippen molar-refractivity contribution in [3.63, 3.8) is 0 Å². The maximum absolute atomic E-state index is 5.63. The van der Waals surface area contributed by atoms with Crippen molar-refractivity contribution in [3.05, 3.63) is 0 Å². The van der Waals surface area contributed by atoms with E-state index in [9.17, 15) is 0 Å². The highest BCUT2D eigenvalue weighted by molar-refractivity contribution is 5.77. The van der Waals surface area contributed by atoms with Crippen LogP contribution in [0.5, 0.6) is 0 Å². The lowest BCUT2D eigenvalue weighted by atomic mass is 10.0. The zero-order chi connectivity index (χ0) is 16.6. The summed E-state index contributed by atoms with van der Waals surface area (Å²) in [6, 6.07) is 0. The molecule has 1 heterocycles. The van der Waals surface area contributed by atoms with Crippen LogP contribution in [0.15, 0.2) is 4.99 Å². The van der Waals surface area contributed by atoms with Gasteiger partial charge in [0.1, 0.15) is 6.10 Å². The van der Waals surface area contributed by atoms with Crippen LogP contribution in [-0.4, -0.2) is 18.5 Å². The molecule has 0 unspecified atom stereocenters. The molecular weight excluding hydrogens is 282 g/mol. The van der Waals surface area contributed by atoms with Gasteiger partial charge >= 0.3 is 0 Å². The Morgan fingerprint density at radius 3 is 1.57 bits per heavy atom. The van der Waals surface area contributed by atoms with Crippen molar-refractivity contribution in [1.29, 1.82) is 0 Å². The highest BCUT2D eigenvalue weighted by Crippen LogP contribution is 2.15. The van der Waals surface area contributed by atoms with E-state index in [0.29, 0.717) is 6.10 Å². The zero-order valence-electron chi connectivity index (χ0n) is 16.0. The minimum Gasteiger partial charge on any atom is -0.476 e. The molecule has 136 valence electrons. The number of nitrogens with zero attached hydrogens (tertiary/aromatic N) is 1. The fourth-order valence-corrected chi connectivity index (χ4v) is 3.32. The molecule has 0 aliphatic carbocycles. The third-order valence-electron chi connectivity index (χ3n) is 4.86. The fourth-order valence-electron chi connectivity index (χ4n) is 3.32. The first-order chi connectivity index (χ1) is 11.3. The highest BCUT2D eigenvalue weighted by Gasteiger charge is 2.13. The number of rotatable bonds is 16. The summed E-state index contributed by atoms with van der Waals surface area (Å²) in [5.41, 5.74) is 0. The predicted octanol–water partition coefficient (Wildman–Crippen LogP) is 7.07. The van der Waals surface area contributed by atoms with Crippen LogP contribution in [0.25, 0.3) is 0 Å². The summed E-state index contributed by atoms with van der Waals surface area (Å²) in [6.07, 6.45) is 22.7. The number of hydrogen-bond donors (Lipinski definition) is 0. The minimum atomic E-state index is 0.321. The molecule has 0 saturated heterocycles. The van der Waals surface area contributed by atoms with Gasteiger partial charge in [0.25, 0.3) is 0 Å². The minimum absolute atomic E-state index is 0.321. The Kier molecular flexibility index (Phi) is 13.4. The van der Waals surface area contributed by atoms with E-state index < -0.39 is 0 Å². The summed E-state index contributed by atoms with van der Waals surface area (Å²) in [4.78, 5) is 4.41. The van der Waals surface area contributed by atoms with Gasteiger partial charge < -0.3 is 4.74 Å². The van der Waals surface area contributed by atoms with E-state index in [1.165, 1.54) is 96.3 Å². The highest BCUT2D eigenvalue weighted by atomic mass is 16.5. The summed E-state index contributed by atoms with van der Waals surface area (Å²) in [5.74, 6) is 1.01. The second-order valence-corrected chi connectivity index (χ2v) is 7.36. The molecule has 0 aromatic heterocycles. The Morgan fingerprint density at radius 2 is 1.17 bits per heavy atom. The van der Waals surface area contributed by atoms with Gasteiger partial charge in [-0.05, 0) is 13.3 Å². The Labute approximate surface area is 145 Å². The summed E-state index contributed by atoms with van der Waals surface area (Å²) in [5, 5.41) is 0. The second-order valence-electron chi connectivity index (χ2n) is 7.36. The molecule has 23 heavy (non-hydrogen) atoms. The number of hydrogen-bond acceptors (Lipinski definition) is 2. The van der Waals surface area contributed by atoms with Crippen molar-refractivity contribution in [2.24, 2.45) is 4.99 Å². The van der Waals surface area contributed by atoms with Crippen LogP contribution in [0.2, 0.25) is 0 Å². The Hall–Kier alpha value is -0.530. The molecule has 0 saturated carbocycles. The average Bonchev–Trinajstić information content (AvgIpc) is 2.96. The van der Waals surface area contributed by atoms with Gasteiger partial charge in [-0.2, -0.15) is 0 Å². The van der Waals surface area contributed by atoms with Crippen LogP contribution >= 0.6 is 0 Å². The van der Waals surface area contributed by atoms with Crippen molar-refractivity contribution in [3.8, 4) is 0 Å². The van der Waals surface area contributed by atoms with Crippen LogP contribution < -0.4 is 0 Å². The van der Waals surface area contributed by atoms with E-state index in [1.807, 2.05) is 0 Å². The predicted molar refractivity (Wildman–Crippen MR) is 102 cm³/mol. The van der Waals surface area contributed by atoms with Gasteiger partial charge in [-0.3, -0.25) is 4.99 Å². The molecule has 0 amide bonds. The molecule has 0 aromatic carbocycles. The summed E-state index contributed by atoms with van der Waals surface area (Å²) in [7, 11) is 0. The smallest absolute Gasteiger partial charge is 0.183 e. The third-order valence-corrected chi connectivity index (χ3v) is 4.86. The Bertz CT molecular complexity index is 288. The van der Waals surface area contributed by atoms with Crippen LogP contribution in [0.1, 0.15) is 117 Å². The van der Waals surface area contributed by atoms with Crippen LogP contribution in [0.3, 0.4) is 0 Å². The molecular formula is C21H41NO. The molecule has 1 aliphatic rings. The van der Waals surface area contributed by atoms with Crippen molar-refractivity contribution in [2.45, 2.75) is 123 Å². The van der Waals surface area contributed by atoms with Gasteiger partial charge in [0.15, 0.2) is 5.90 Å². The van der Waals surface area contributed by atoms with E-state index in [4.69, 9.17) is 4.74 Å². The van der Waals surface area contributed by atoms with E-state index >= 15 is 0 Å².